The third kappa shape index (κ3) is 3.95. The minimum Gasteiger partial charge on any atom is -0.439 e. The van der Waals surface area contributed by atoms with Gasteiger partial charge in [-0.25, -0.2) is 8.42 Å². The van der Waals surface area contributed by atoms with Crippen LogP contribution in [0.1, 0.15) is 10.6 Å². The van der Waals surface area contributed by atoms with E-state index in [4.69, 9.17) is 16.0 Å². The van der Waals surface area contributed by atoms with Gasteiger partial charge >= 0.3 is 0 Å². The summed E-state index contributed by atoms with van der Waals surface area (Å²) in [6.07, 6.45) is 0. The summed E-state index contributed by atoms with van der Waals surface area (Å²) in [5.74, 6) is -0.685. The fourth-order valence-corrected chi connectivity index (χ4v) is 3.70. The lowest BCUT2D eigenvalue weighted by Gasteiger charge is -2.04. The van der Waals surface area contributed by atoms with E-state index in [0.717, 1.165) is 4.47 Å². The predicted octanol–water partition coefficient (Wildman–Crippen LogP) is 4.78. The zero-order valence-corrected chi connectivity index (χ0v) is 15.7. The molecule has 0 saturated carbocycles. The molecule has 25 heavy (non-hydrogen) atoms. The fourth-order valence-electron chi connectivity index (χ4n) is 2.08. The zero-order chi connectivity index (χ0) is 18.0. The van der Waals surface area contributed by atoms with Crippen LogP contribution >= 0.6 is 27.5 Å². The Hall–Kier alpha value is -2.09. The largest absolute Gasteiger partial charge is 0.439 e. The van der Waals surface area contributed by atoms with Gasteiger partial charge in [0.25, 0.3) is 5.91 Å². The van der Waals surface area contributed by atoms with E-state index in [1.807, 2.05) is 0 Å². The Balaban J connectivity index is 1.84. The Morgan fingerprint density at radius 3 is 2.44 bits per heavy atom. The van der Waals surface area contributed by atoms with Crippen LogP contribution in [0.4, 0.5) is 5.69 Å². The maximum atomic E-state index is 12.5. The van der Waals surface area contributed by atoms with Crippen LogP contribution in [0.5, 0.6) is 0 Å². The quantitative estimate of drug-likeness (QED) is 0.633. The first kappa shape index (κ1) is 17.7. The second-order valence-corrected chi connectivity index (χ2v) is 8.27. The highest BCUT2D eigenvalue weighted by Gasteiger charge is 2.23. The van der Waals surface area contributed by atoms with Crippen LogP contribution < -0.4 is 5.32 Å². The molecule has 5 nitrogen and oxygen atoms in total. The molecule has 1 heterocycles. The molecule has 0 spiro atoms. The Labute approximate surface area is 157 Å². The zero-order valence-electron chi connectivity index (χ0n) is 12.6. The molecule has 2 aromatic carbocycles. The molecule has 0 atom stereocenters. The van der Waals surface area contributed by atoms with Crippen molar-refractivity contribution >= 4 is 49.0 Å². The number of furan rings is 1. The maximum Gasteiger partial charge on any atom is 0.291 e. The lowest BCUT2D eigenvalue weighted by atomic mass is 10.3. The number of rotatable bonds is 4. The van der Waals surface area contributed by atoms with Crippen LogP contribution in [0.3, 0.4) is 0 Å². The molecule has 0 aliphatic heterocycles. The second-order valence-electron chi connectivity index (χ2n) is 5.04. The molecule has 0 saturated heterocycles. The molecule has 8 heteroatoms. The number of anilines is 1. The number of hydrogen-bond acceptors (Lipinski definition) is 4. The van der Waals surface area contributed by atoms with Crippen molar-refractivity contribution in [3.8, 4) is 0 Å². The number of nitrogens with one attached hydrogen (secondary N) is 1. The van der Waals surface area contributed by atoms with Gasteiger partial charge in [-0.3, -0.25) is 4.79 Å². The Kier molecular flexibility index (Phi) is 4.99. The average molecular weight is 441 g/mol. The van der Waals surface area contributed by atoms with Gasteiger partial charge in [-0.2, -0.15) is 0 Å². The summed E-state index contributed by atoms with van der Waals surface area (Å²) in [5.41, 5.74) is 0.478. The number of carbonyl (C=O) groups excluding carboxylic acids is 1. The van der Waals surface area contributed by atoms with E-state index in [9.17, 15) is 13.2 Å². The minimum absolute atomic E-state index is 0.0758. The monoisotopic (exact) mass is 439 g/mol. The first-order chi connectivity index (χ1) is 11.9. The van der Waals surface area contributed by atoms with Crippen molar-refractivity contribution in [3.63, 3.8) is 0 Å². The highest BCUT2D eigenvalue weighted by molar-refractivity contribution is 9.10. The summed E-state index contributed by atoms with van der Waals surface area (Å²) in [4.78, 5) is 12.3. The summed E-state index contributed by atoms with van der Waals surface area (Å²) in [6, 6.07) is 15.3. The van der Waals surface area contributed by atoms with Crippen molar-refractivity contribution in [2.75, 3.05) is 5.32 Å². The summed E-state index contributed by atoms with van der Waals surface area (Å²) in [6.45, 7) is 0. The van der Waals surface area contributed by atoms with E-state index in [1.54, 1.807) is 36.4 Å². The molecule has 3 rings (SSSR count). The Morgan fingerprint density at radius 1 is 1.04 bits per heavy atom. The van der Waals surface area contributed by atoms with E-state index in [0.29, 0.717) is 10.7 Å². The topological polar surface area (TPSA) is 76.4 Å². The summed E-state index contributed by atoms with van der Waals surface area (Å²) >= 11 is 9.11. The van der Waals surface area contributed by atoms with E-state index in [2.05, 4.69) is 21.2 Å². The lowest BCUT2D eigenvalue weighted by Crippen LogP contribution is -2.10. The average Bonchev–Trinajstić information content (AvgIpc) is 3.06. The maximum absolute atomic E-state index is 12.5. The van der Waals surface area contributed by atoms with Crippen molar-refractivity contribution in [1.82, 2.24) is 0 Å². The van der Waals surface area contributed by atoms with Gasteiger partial charge in [0.15, 0.2) is 5.76 Å². The number of amides is 1. The molecule has 1 aromatic heterocycles. The van der Waals surface area contributed by atoms with E-state index in [-0.39, 0.29) is 15.7 Å². The molecule has 0 aliphatic carbocycles. The molecular weight excluding hydrogens is 430 g/mol. The number of halogens is 2. The van der Waals surface area contributed by atoms with Gasteiger partial charge in [0.1, 0.15) is 0 Å². The van der Waals surface area contributed by atoms with Crippen LogP contribution in [0.2, 0.25) is 5.02 Å². The molecule has 0 fully saturated rings. The Morgan fingerprint density at radius 2 is 1.76 bits per heavy atom. The SMILES string of the molecule is O=C(Nc1cccc(Cl)c1)c1ccc(S(=O)(=O)c2ccc(Br)cc2)o1. The van der Waals surface area contributed by atoms with Gasteiger partial charge in [-0.15, -0.1) is 0 Å². The third-order valence-electron chi connectivity index (χ3n) is 3.28. The van der Waals surface area contributed by atoms with Crippen LogP contribution in [0.25, 0.3) is 0 Å². The van der Waals surface area contributed by atoms with Crippen LogP contribution in [0.15, 0.2) is 79.5 Å². The highest BCUT2D eigenvalue weighted by Crippen LogP contribution is 2.25. The summed E-state index contributed by atoms with van der Waals surface area (Å²) in [5, 5.41) is 2.76. The van der Waals surface area contributed by atoms with Gasteiger partial charge in [-0.05, 0) is 54.6 Å². The number of benzene rings is 2. The molecule has 1 N–H and O–H groups in total. The highest BCUT2D eigenvalue weighted by atomic mass is 79.9. The van der Waals surface area contributed by atoms with Crippen molar-refractivity contribution in [3.05, 3.63) is 75.9 Å². The van der Waals surface area contributed by atoms with Crippen LogP contribution in [-0.2, 0) is 9.84 Å². The molecule has 0 aliphatic rings. The minimum atomic E-state index is -3.84. The first-order valence-electron chi connectivity index (χ1n) is 7.04. The van der Waals surface area contributed by atoms with E-state index >= 15 is 0 Å². The van der Waals surface area contributed by atoms with Gasteiger partial charge in [0.2, 0.25) is 14.9 Å². The van der Waals surface area contributed by atoms with Crippen molar-refractivity contribution in [1.29, 1.82) is 0 Å². The second kappa shape index (κ2) is 7.03. The summed E-state index contributed by atoms with van der Waals surface area (Å²) < 4.78 is 31.1. The van der Waals surface area contributed by atoms with Gasteiger partial charge in [0, 0.05) is 15.2 Å². The molecule has 128 valence electrons. The van der Waals surface area contributed by atoms with Gasteiger partial charge in [0.05, 0.1) is 4.90 Å². The first-order valence-corrected chi connectivity index (χ1v) is 9.69. The lowest BCUT2D eigenvalue weighted by molar-refractivity contribution is 0.0991. The van der Waals surface area contributed by atoms with Crippen molar-refractivity contribution < 1.29 is 17.6 Å². The molecule has 1 amide bonds. The molecule has 0 bridgehead atoms. The molecule has 3 aromatic rings. The normalized spacial score (nSPS) is 11.3. The molecule has 0 unspecified atom stereocenters. The third-order valence-corrected chi connectivity index (χ3v) is 5.68. The Bertz CT molecular complexity index is 1030. The molecule has 0 radical (unpaired) electrons. The van der Waals surface area contributed by atoms with Crippen LogP contribution in [0, 0.1) is 0 Å². The smallest absolute Gasteiger partial charge is 0.291 e. The standard InChI is InChI=1S/C17H11BrClNO4S/c18-11-4-6-14(7-5-11)25(22,23)16-9-8-15(24-16)17(21)20-13-3-1-2-12(19)10-13/h1-10H,(H,20,21). The van der Waals surface area contributed by atoms with E-state index < -0.39 is 15.7 Å². The molecular formula is C17H11BrClNO4S. The van der Waals surface area contributed by atoms with Gasteiger partial charge < -0.3 is 9.73 Å². The number of sulfone groups is 1. The fraction of sp³-hybridized carbons (Fsp3) is 0. The number of carbonyl (C=O) groups is 1. The van der Waals surface area contributed by atoms with Crippen molar-refractivity contribution in [2.45, 2.75) is 9.99 Å². The van der Waals surface area contributed by atoms with Crippen molar-refractivity contribution in [2.24, 2.45) is 0 Å². The van der Waals surface area contributed by atoms with E-state index in [1.165, 1.54) is 24.3 Å². The summed E-state index contributed by atoms with van der Waals surface area (Å²) in [7, 11) is -3.84. The predicted molar refractivity (Wildman–Crippen MR) is 97.7 cm³/mol. The number of hydrogen-bond donors (Lipinski definition) is 1. The van der Waals surface area contributed by atoms with Crippen LogP contribution in [-0.4, -0.2) is 14.3 Å². The van der Waals surface area contributed by atoms with Gasteiger partial charge in [-0.1, -0.05) is 33.6 Å².